The number of rotatable bonds is 6. The van der Waals surface area contributed by atoms with E-state index >= 15 is 0 Å². The molecule has 1 amide bonds. The second kappa shape index (κ2) is 9.69. The summed E-state index contributed by atoms with van der Waals surface area (Å²) in [7, 11) is 0. The van der Waals surface area contributed by atoms with Gasteiger partial charge in [0.05, 0.1) is 18.2 Å². The monoisotopic (exact) mass is 479 g/mol. The van der Waals surface area contributed by atoms with Gasteiger partial charge in [-0.15, -0.1) is 0 Å². The third-order valence-corrected chi connectivity index (χ3v) is 5.66. The van der Waals surface area contributed by atoms with Crippen LogP contribution in [-0.4, -0.2) is 23.4 Å². The van der Waals surface area contributed by atoms with Crippen LogP contribution in [0.1, 0.15) is 31.0 Å². The maximum atomic E-state index is 14.0. The van der Waals surface area contributed by atoms with E-state index in [1.807, 2.05) is 13.8 Å². The van der Waals surface area contributed by atoms with E-state index in [9.17, 15) is 19.1 Å². The van der Waals surface area contributed by atoms with Gasteiger partial charge in [-0.2, -0.15) is 0 Å². The lowest BCUT2D eigenvalue weighted by atomic mass is 9.95. The van der Waals surface area contributed by atoms with Gasteiger partial charge in [0, 0.05) is 16.3 Å². The van der Waals surface area contributed by atoms with Gasteiger partial charge in [0.1, 0.15) is 17.3 Å². The maximum Gasteiger partial charge on any atom is 0.300 e. The number of hydrogen-bond donors (Lipinski definition) is 1. The van der Waals surface area contributed by atoms with E-state index < -0.39 is 23.5 Å². The summed E-state index contributed by atoms with van der Waals surface area (Å²) in [5, 5.41) is 11.7. The number of carbonyl (C=O) groups is 2. The van der Waals surface area contributed by atoms with Gasteiger partial charge in [-0.05, 0) is 53.9 Å². The highest BCUT2D eigenvalue weighted by Crippen LogP contribution is 2.42. The molecular formula is C27H23ClFNO4. The second-order valence-electron chi connectivity index (χ2n) is 8.43. The molecule has 1 fully saturated rings. The quantitative estimate of drug-likeness (QED) is 0.262. The fourth-order valence-corrected chi connectivity index (χ4v) is 3.96. The van der Waals surface area contributed by atoms with Crippen LogP contribution in [0.4, 0.5) is 10.1 Å². The van der Waals surface area contributed by atoms with Gasteiger partial charge in [0.15, 0.2) is 0 Å². The molecule has 0 aromatic heterocycles. The zero-order chi connectivity index (χ0) is 24.4. The first kappa shape index (κ1) is 23.5. The molecule has 0 aliphatic carbocycles. The first-order valence-electron chi connectivity index (χ1n) is 10.8. The van der Waals surface area contributed by atoms with Gasteiger partial charge in [0.2, 0.25) is 0 Å². The molecule has 0 saturated carbocycles. The average molecular weight is 480 g/mol. The van der Waals surface area contributed by atoms with Crippen molar-refractivity contribution in [1.29, 1.82) is 0 Å². The van der Waals surface area contributed by atoms with Crippen LogP contribution in [0.2, 0.25) is 5.02 Å². The highest BCUT2D eigenvalue weighted by atomic mass is 35.5. The average Bonchev–Trinajstić information content (AvgIpc) is 3.08. The van der Waals surface area contributed by atoms with Crippen molar-refractivity contribution in [2.75, 3.05) is 11.5 Å². The summed E-state index contributed by atoms with van der Waals surface area (Å²) in [5.41, 5.74) is 0.979. The first-order chi connectivity index (χ1) is 16.3. The molecule has 1 atom stereocenters. The Balaban J connectivity index is 1.86. The number of nitrogens with zero attached hydrogens (tertiary/aromatic N) is 1. The summed E-state index contributed by atoms with van der Waals surface area (Å²) in [6, 6.07) is 17.7. The summed E-state index contributed by atoms with van der Waals surface area (Å²) < 4.78 is 19.8. The third-order valence-electron chi connectivity index (χ3n) is 5.41. The Morgan fingerprint density at radius 2 is 1.76 bits per heavy atom. The lowest BCUT2D eigenvalue weighted by molar-refractivity contribution is -0.132. The first-order valence-corrected chi connectivity index (χ1v) is 11.2. The Morgan fingerprint density at radius 3 is 2.44 bits per heavy atom. The zero-order valence-electron chi connectivity index (χ0n) is 18.7. The van der Waals surface area contributed by atoms with Crippen LogP contribution >= 0.6 is 11.6 Å². The molecule has 1 heterocycles. The number of carbonyl (C=O) groups excluding carboxylic acids is 2. The molecule has 174 valence electrons. The van der Waals surface area contributed by atoms with Crippen molar-refractivity contribution in [1.82, 2.24) is 0 Å². The zero-order valence-corrected chi connectivity index (χ0v) is 19.4. The highest BCUT2D eigenvalue weighted by Gasteiger charge is 2.47. The molecule has 0 bridgehead atoms. The number of aliphatic hydroxyl groups is 1. The van der Waals surface area contributed by atoms with Crippen molar-refractivity contribution in [2.45, 2.75) is 19.9 Å². The van der Waals surface area contributed by atoms with Crippen LogP contribution in [0, 0.1) is 11.7 Å². The molecule has 0 radical (unpaired) electrons. The lowest BCUT2D eigenvalue weighted by Gasteiger charge is -2.25. The van der Waals surface area contributed by atoms with Crippen molar-refractivity contribution in [3.63, 3.8) is 0 Å². The third kappa shape index (κ3) is 4.68. The van der Waals surface area contributed by atoms with Gasteiger partial charge >= 0.3 is 0 Å². The predicted octanol–water partition coefficient (Wildman–Crippen LogP) is 6.14. The molecule has 1 aliphatic heterocycles. The van der Waals surface area contributed by atoms with Crippen LogP contribution in [-0.2, 0) is 9.59 Å². The number of ether oxygens (including phenoxy) is 1. The van der Waals surface area contributed by atoms with E-state index in [2.05, 4.69) is 0 Å². The normalized spacial score (nSPS) is 17.4. The van der Waals surface area contributed by atoms with Crippen molar-refractivity contribution >= 4 is 34.7 Å². The number of aliphatic hydroxyl groups excluding tert-OH is 1. The Morgan fingerprint density at radius 1 is 1.06 bits per heavy atom. The summed E-state index contributed by atoms with van der Waals surface area (Å²) >= 11 is 6.04. The molecule has 5 nitrogen and oxygen atoms in total. The van der Waals surface area contributed by atoms with E-state index in [0.717, 1.165) is 0 Å². The fraction of sp³-hybridized carbons (Fsp3) is 0.185. The SMILES string of the molecule is CC(C)COc1cccc(/C(O)=C2\C(=O)C(=O)N(c3cccc(F)c3)C2c2ccc(Cl)cc2)c1. The van der Waals surface area contributed by atoms with Crippen LogP contribution in [0.3, 0.4) is 0 Å². The molecule has 7 heteroatoms. The second-order valence-corrected chi connectivity index (χ2v) is 8.87. The lowest BCUT2D eigenvalue weighted by Crippen LogP contribution is -2.29. The van der Waals surface area contributed by atoms with Crippen LogP contribution in [0.25, 0.3) is 5.76 Å². The number of benzene rings is 3. The molecule has 1 unspecified atom stereocenters. The topological polar surface area (TPSA) is 66.8 Å². The molecule has 34 heavy (non-hydrogen) atoms. The van der Waals surface area contributed by atoms with E-state index in [1.165, 1.54) is 29.2 Å². The Bertz CT molecular complexity index is 1270. The molecule has 1 N–H and O–H groups in total. The fourth-order valence-electron chi connectivity index (χ4n) is 3.84. The Kier molecular flexibility index (Phi) is 6.70. The molecule has 3 aromatic rings. The van der Waals surface area contributed by atoms with Gasteiger partial charge in [-0.25, -0.2) is 4.39 Å². The number of Topliss-reactive ketones (excluding diaryl/α,β-unsaturated/α-hetero) is 1. The number of hydrogen-bond acceptors (Lipinski definition) is 4. The number of halogens is 2. The minimum atomic E-state index is -0.973. The van der Waals surface area contributed by atoms with Gasteiger partial charge < -0.3 is 9.84 Å². The summed E-state index contributed by atoms with van der Waals surface area (Å²) in [6.07, 6.45) is 0. The van der Waals surface area contributed by atoms with Gasteiger partial charge in [-0.3, -0.25) is 14.5 Å². The maximum absolute atomic E-state index is 14.0. The van der Waals surface area contributed by atoms with Gasteiger partial charge in [0.25, 0.3) is 11.7 Å². The number of anilines is 1. The predicted molar refractivity (Wildman–Crippen MR) is 129 cm³/mol. The standard InChI is InChI=1S/C27H23ClFNO4/c1-16(2)15-34-22-8-3-5-18(13-22)25(31)23-24(17-9-11-19(28)12-10-17)30(27(33)26(23)32)21-7-4-6-20(29)14-21/h3-14,16,24,31H,15H2,1-2H3/b25-23+. The largest absolute Gasteiger partial charge is 0.507 e. The number of ketones is 1. The van der Waals surface area contributed by atoms with E-state index in [4.69, 9.17) is 16.3 Å². The van der Waals surface area contributed by atoms with E-state index in [1.54, 1.807) is 48.5 Å². The summed E-state index contributed by atoms with van der Waals surface area (Å²) in [5.74, 6) is -1.79. The van der Waals surface area contributed by atoms with Crippen molar-refractivity contribution in [3.05, 3.63) is 100 Å². The van der Waals surface area contributed by atoms with Crippen LogP contribution in [0.15, 0.2) is 78.4 Å². The van der Waals surface area contributed by atoms with Crippen LogP contribution in [0.5, 0.6) is 5.75 Å². The van der Waals surface area contributed by atoms with E-state index in [0.29, 0.717) is 34.4 Å². The van der Waals surface area contributed by atoms with Crippen molar-refractivity contribution in [3.8, 4) is 5.75 Å². The smallest absolute Gasteiger partial charge is 0.300 e. The van der Waals surface area contributed by atoms with Crippen LogP contribution < -0.4 is 9.64 Å². The van der Waals surface area contributed by atoms with Crippen molar-refractivity contribution in [2.24, 2.45) is 5.92 Å². The molecule has 3 aromatic carbocycles. The molecule has 0 spiro atoms. The summed E-state index contributed by atoms with van der Waals surface area (Å²) in [4.78, 5) is 27.5. The molecule has 1 saturated heterocycles. The Hall–Kier alpha value is -3.64. The van der Waals surface area contributed by atoms with Crippen molar-refractivity contribution < 1.29 is 23.8 Å². The molecular weight excluding hydrogens is 457 g/mol. The highest BCUT2D eigenvalue weighted by molar-refractivity contribution is 6.51. The van der Waals surface area contributed by atoms with Gasteiger partial charge in [-0.1, -0.05) is 55.8 Å². The minimum absolute atomic E-state index is 0.0995. The minimum Gasteiger partial charge on any atom is -0.507 e. The molecule has 1 aliphatic rings. The summed E-state index contributed by atoms with van der Waals surface area (Å²) in [6.45, 7) is 4.52. The molecule has 4 rings (SSSR count). The van der Waals surface area contributed by atoms with E-state index in [-0.39, 0.29) is 17.0 Å². The number of amides is 1. The Labute approximate surface area is 202 Å².